The molecule has 210 valence electrons. The first-order chi connectivity index (χ1) is 19.6. The van der Waals surface area contributed by atoms with Gasteiger partial charge in [-0.1, -0.05) is 17.8 Å². The van der Waals surface area contributed by atoms with Crippen LogP contribution in [0.25, 0.3) is 27.9 Å². The van der Waals surface area contributed by atoms with E-state index in [4.69, 9.17) is 9.47 Å². The van der Waals surface area contributed by atoms with Gasteiger partial charge in [0.05, 0.1) is 36.0 Å². The second-order valence-corrected chi connectivity index (χ2v) is 9.45. The summed E-state index contributed by atoms with van der Waals surface area (Å²) >= 11 is 0.994. The smallest absolute Gasteiger partial charge is 0.416 e. The fourth-order valence-corrected chi connectivity index (χ4v) is 4.70. The highest BCUT2D eigenvalue weighted by Crippen LogP contribution is 2.35. The minimum absolute atomic E-state index is 0.0000807. The maximum Gasteiger partial charge on any atom is 0.416 e. The standard InChI is InChI=1S/C26H19F3N6O5S/c1-39-20-11-18-19(12-21(20)40-2)31-25(41-13-22(36)30-16-5-3-4-15(10-16)26(27,28)29)34-24(18)32-23(33-34)14-6-8-17(9-7-14)35(37)38/h3-12H,13H2,1-2H3,(H,30,36). The van der Waals surface area contributed by atoms with E-state index in [-0.39, 0.29) is 28.1 Å². The van der Waals surface area contributed by atoms with Crippen molar-refractivity contribution in [2.24, 2.45) is 0 Å². The van der Waals surface area contributed by atoms with Crippen LogP contribution in [0.2, 0.25) is 0 Å². The number of methoxy groups -OCH3 is 2. The highest BCUT2D eigenvalue weighted by Gasteiger charge is 2.30. The van der Waals surface area contributed by atoms with Crippen LogP contribution in [0.3, 0.4) is 0 Å². The number of nitrogens with one attached hydrogen (secondary N) is 1. The maximum absolute atomic E-state index is 13.0. The summed E-state index contributed by atoms with van der Waals surface area (Å²) < 4.78 is 51.4. The van der Waals surface area contributed by atoms with E-state index in [1.165, 1.54) is 55.1 Å². The monoisotopic (exact) mass is 584 g/mol. The van der Waals surface area contributed by atoms with E-state index in [1.807, 2.05) is 0 Å². The van der Waals surface area contributed by atoms with Crippen molar-refractivity contribution in [1.82, 2.24) is 19.6 Å². The summed E-state index contributed by atoms with van der Waals surface area (Å²) in [4.78, 5) is 32.5. The molecule has 0 spiro atoms. The van der Waals surface area contributed by atoms with Crippen LogP contribution in [0, 0.1) is 10.1 Å². The topological polar surface area (TPSA) is 134 Å². The minimum Gasteiger partial charge on any atom is -0.493 e. The molecular formula is C26H19F3N6O5S. The fraction of sp³-hybridized carbons (Fsp3) is 0.154. The van der Waals surface area contributed by atoms with Gasteiger partial charge in [-0.05, 0) is 36.4 Å². The van der Waals surface area contributed by atoms with Crippen LogP contribution in [0.4, 0.5) is 24.5 Å². The summed E-state index contributed by atoms with van der Waals surface area (Å²) in [5, 5.41) is 18.9. The van der Waals surface area contributed by atoms with E-state index in [9.17, 15) is 28.1 Å². The van der Waals surface area contributed by atoms with Gasteiger partial charge >= 0.3 is 6.18 Å². The highest BCUT2D eigenvalue weighted by molar-refractivity contribution is 7.99. The zero-order chi connectivity index (χ0) is 29.3. The Balaban J connectivity index is 1.51. The number of aromatic nitrogens is 4. The van der Waals surface area contributed by atoms with Crippen molar-refractivity contribution in [3.05, 3.63) is 76.3 Å². The van der Waals surface area contributed by atoms with Crippen LogP contribution in [0.15, 0.2) is 65.8 Å². The van der Waals surface area contributed by atoms with Crippen molar-refractivity contribution < 1.29 is 32.4 Å². The number of thioether (sulfide) groups is 1. The minimum atomic E-state index is -4.55. The van der Waals surface area contributed by atoms with Crippen molar-refractivity contribution in [3.8, 4) is 22.9 Å². The van der Waals surface area contributed by atoms with Crippen LogP contribution in [-0.4, -0.2) is 50.4 Å². The SMILES string of the molecule is COc1cc2nc(SCC(=O)Nc3cccc(C(F)(F)F)c3)n3nc(-c4ccc([N+](=O)[O-])cc4)nc3c2cc1OC. The number of non-ortho nitro benzene ring substituents is 1. The predicted molar refractivity (Wildman–Crippen MR) is 144 cm³/mol. The van der Waals surface area contributed by atoms with Crippen molar-refractivity contribution in [1.29, 1.82) is 0 Å². The lowest BCUT2D eigenvalue weighted by Gasteiger charge is -2.11. The maximum atomic E-state index is 13.0. The van der Waals surface area contributed by atoms with E-state index in [0.29, 0.717) is 33.6 Å². The fourth-order valence-electron chi connectivity index (χ4n) is 3.96. The molecule has 0 unspecified atom stereocenters. The number of nitro groups is 1. The number of anilines is 1. The van der Waals surface area contributed by atoms with Gasteiger partial charge in [-0.2, -0.15) is 17.7 Å². The molecule has 3 aromatic carbocycles. The van der Waals surface area contributed by atoms with Gasteiger partial charge in [0.1, 0.15) is 0 Å². The average molecular weight is 585 g/mol. The molecule has 11 nitrogen and oxygen atoms in total. The number of carbonyl (C=O) groups is 1. The summed E-state index contributed by atoms with van der Waals surface area (Å²) in [5.74, 6) is 0.311. The molecule has 0 bridgehead atoms. The van der Waals surface area contributed by atoms with Crippen molar-refractivity contribution in [2.45, 2.75) is 11.3 Å². The third-order valence-electron chi connectivity index (χ3n) is 5.89. The third kappa shape index (κ3) is 5.70. The first kappa shape index (κ1) is 27.6. The van der Waals surface area contributed by atoms with Gasteiger partial charge in [-0.3, -0.25) is 14.9 Å². The largest absolute Gasteiger partial charge is 0.493 e. The van der Waals surface area contributed by atoms with Gasteiger partial charge in [-0.25, -0.2) is 9.97 Å². The Bertz CT molecular complexity index is 1790. The summed E-state index contributed by atoms with van der Waals surface area (Å²) in [7, 11) is 2.95. The first-order valence-corrected chi connectivity index (χ1v) is 12.7. The average Bonchev–Trinajstić information content (AvgIpc) is 3.41. The number of carbonyl (C=O) groups excluding carboxylic acids is 1. The quantitative estimate of drug-likeness (QED) is 0.107. The number of benzene rings is 3. The number of nitro benzene ring substituents is 1. The molecule has 0 saturated heterocycles. The number of ether oxygens (including phenoxy) is 2. The van der Waals surface area contributed by atoms with Gasteiger partial charge in [0.15, 0.2) is 28.1 Å². The lowest BCUT2D eigenvalue weighted by Crippen LogP contribution is -2.15. The van der Waals surface area contributed by atoms with Gasteiger partial charge in [0.25, 0.3) is 5.69 Å². The van der Waals surface area contributed by atoms with E-state index >= 15 is 0 Å². The molecule has 0 aliphatic rings. The number of alkyl halides is 3. The lowest BCUT2D eigenvalue weighted by atomic mass is 10.2. The van der Waals surface area contributed by atoms with Crippen LogP contribution in [-0.2, 0) is 11.0 Å². The van der Waals surface area contributed by atoms with Crippen LogP contribution >= 0.6 is 11.8 Å². The van der Waals surface area contributed by atoms with Gasteiger partial charge in [0, 0.05) is 34.8 Å². The Morgan fingerprint density at radius 2 is 1.76 bits per heavy atom. The van der Waals surface area contributed by atoms with E-state index in [0.717, 1.165) is 23.9 Å². The summed E-state index contributed by atoms with van der Waals surface area (Å²) in [5.41, 5.74) is 0.353. The van der Waals surface area contributed by atoms with E-state index in [2.05, 4.69) is 20.4 Å². The zero-order valence-electron chi connectivity index (χ0n) is 21.3. The molecule has 5 rings (SSSR count). The molecule has 2 heterocycles. The van der Waals surface area contributed by atoms with Crippen LogP contribution in [0.1, 0.15) is 5.56 Å². The molecule has 41 heavy (non-hydrogen) atoms. The molecule has 0 fully saturated rings. The molecule has 15 heteroatoms. The molecule has 1 amide bonds. The number of rotatable bonds is 8. The van der Waals surface area contributed by atoms with Crippen molar-refractivity contribution in [3.63, 3.8) is 0 Å². The number of halogens is 3. The number of amides is 1. The van der Waals surface area contributed by atoms with Crippen molar-refractivity contribution in [2.75, 3.05) is 25.3 Å². The Labute approximate surface area is 233 Å². The second kappa shape index (κ2) is 10.9. The van der Waals surface area contributed by atoms with Gasteiger partial charge in [-0.15, -0.1) is 5.10 Å². The van der Waals surface area contributed by atoms with E-state index < -0.39 is 22.6 Å². The molecule has 0 radical (unpaired) electrons. The van der Waals surface area contributed by atoms with Crippen LogP contribution < -0.4 is 14.8 Å². The molecular weight excluding hydrogens is 565 g/mol. The third-order valence-corrected chi connectivity index (χ3v) is 6.82. The van der Waals surface area contributed by atoms with Gasteiger partial charge in [0.2, 0.25) is 5.91 Å². The molecule has 1 N–H and O–H groups in total. The van der Waals surface area contributed by atoms with E-state index in [1.54, 1.807) is 12.1 Å². The normalized spacial score (nSPS) is 11.5. The van der Waals surface area contributed by atoms with Crippen molar-refractivity contribution >= 4 is 45.6 Å². The predicted octanol–water partition coefficient (Wildman–Crippen LogP) is 5.62. The zero-order valence-corrected chi connectivity index (χ0v) is 22.1. The second-order valence-electron chi connectivity index (χ2n) is 8.51. The number of fused-ring (bicyclic) bond motifs is 3. The first-order valence-electron chi connectivity index (χ1n) is 11.7. The Morgan fingerprint density at radius 3 is 2.41 bits per heavy atom. The molecule has 5 aromatic rings. The number of hydrogen-bond acceptors (Lipinski definition) is 9. The molecule has 2 aromatic heterocycles. The lowest BCUT2D eigenvalue weighted by molar-refractivity contribution is -0.384. The summed E-state index contributed by atoms with van der Waals surface area (Å²) in [6.07, 6.45) is -4.55. The number of hydrogen-bond donors (Lipinski definition) is 1. The van der Waals surface area contributed by atoms with Gasteiger partial charge < -0.3 is 14.8 Å². The van der Waals surface area contributed by atoms with Crippen LogP contribution in [0.5, 0.6) is 11.5 Å². The summed E-state index contributed by atoms with van der Waals surface area (Å²) in [6, 6.07) is 13.3. The molecule has 0 atom stereocenters. The molecule has 0 aliphatic heterocycles. The Kier molecular flexibility index (Phi) is 7.36. The molecule has 0 saturated carbocycles. The number of nitrogens with zero attached hydrogens (tertiary/aromatic N) is 5. The Morgan fingerprint density at radius 1 is 1.05 bits per heavy atom. The summed E-state index contributed by atoms with van der Waals surface area (Å²) in [6.45, 7) is 0. The Hall–Kier alpha value is -4.92. The highest BCUT2D eigenvalue weighted by atomic mass is 32.2. The molecule has 0 aliphatic carbocycles.